The van der Waals surface area contributed by atoms with Gasteiger partial charge in [-0.15, -0.1) is 0 Å². The van der Waals surface area contributed by atoms with Crippen molar-refractivity contribution in [3.8, 4) is 0 Å². The Morgan fingerprint density at radius 3 is 2.47 bits per heavy atom. The summed E-state index contributed by atoms with van der Waals surface area (Å²) in [5, 5.41) is 3.18. The number of para-hydroxylation sites is 2. The van der Waals surface area contributed by atoms with Crippen molar-refractivity contribution < 1.29 is 0 Å². The van der Waals surface area contributed by atoms with Gasteiger partial charge in [0.2, 0.25) is 5.96 Å². The molecule has 0 unspecified atom stereocenters. The topological polar surface area (TPSA) is 65.7 Å². The molecular weight excluding hydrogens is 214 g/mol. The smallest absolute Gasteiger partial charge is 0.210 e. The van der Waals surface area contributed by atoms with Crippen LogP contribution in [0.2, 0.25) is 0 Å². The third kappa shape index (κ3) is 3.96. The maximum Gasteiger partial charge on any atom is 0.210 e. The van der Waals surface area contributed by atoms with E-state index in [1.165, 1.54) is 0 Å². The van der Waals surface area contributed by atoms with E-state index in [0.717, 1.165) is 11.4 Å². The van der Waals surface area contributed by atoms with Crippen molar-refractivity contribution in [3.05, 3.63) is 24.3 Å². The number of hydrazine groups is 1. The van der Waals surface area contributed by atoms with Crippen LogP contribution in [-0.2, 0) is 0 Å². The summed E-state index contributed by atoms with van der Waals surface area (Å²) in [5.41, 5.74) is 4.62. The zero-order valence-electron chi connectivity index (χ0n) is 10.9. The fraction of sp³-hybridized carbons (Fsp3) is 0.417. The first-order chi connectivity index (χ1) is 8.04. The van der Waals surface area contributed by atoms with Crippen molar-refractivity contribution >= 4 is 17.3 Å². The number of nitrogens with two attached hydrogens (primary N) is 1. The molecule has 17 heavy (non-hydrogen) atoms. The standard InChI is InChI=1S/C12H21N5/c1-9(2)14-12(16-13)15-10-7-5-6-8-11(10)17(3)4/h5-9H,13H2,1-4H3,(H2,14,15,16). The van der Waals surface area contributed by atoms with Crippen molar-refractivity contribution in [1.29, 1.82) is 0 Å². The van der Waals surface area contributed by atoms with Gasteiger partial charge in [0.05, 0.1) is 11.4 Å². The third-order valence-corrected chi connectivity index (χ3v) is 2.16. The summed E-state index contributed by atoms with van der Waals surface area (Å²) in [6, 6.07) is 8.17. The first kappa shape index (κ1) is 13.3. The van der Waals surface area contributed by atoms with Crippen LogP contribution in [0.15, 0.2) is 29.3 Å². The monoisotopic (exact) mass is 235 g/mol. The average Bonchev–Trinajstić information content (AvgIpc) is 2.28. The Labute approximate surface area is 103 Å². The number of guanidine groups is 1. The van der Waals surface area contributed by atoms with Gasteiger partial charge in [0.15, 0.2) is 0 Å². The van der Waals surface area contributed by atoms with Gasteiger partial charge < -0.3 is 10.2 Å². The number of nitrogens with one attached hydrogen (secondary N) is 2. The molecule has 1 rings (SSSR count). The van der Waals surface area contributed by atoms with E-state index in [4.69, 9.17) is 5.84 Å². The van der Waals surface area contributed by atoms with Gasteiger partial charge in [-0.25, -0.2) is 10.8 Å². The molecule has 0 aliphatic rings. The fourth-order valence-electron chi connectivity index (χ4n) is 1.46. The van der Waals surface area contributed by atoms with Crippen LogP contribution in [0.4, 0.5) is 11.4 Å². The summed E-state index contributed by atoms with van der Waals surface area (Å²) in [4.78, 5) is 6.38. The Bertz CT molecular complexity index is 384. The van der Waals surface area contributed by atoms with Gasteiger partial charge in [-0.2, -0.15) is 0 Å². The number of rotatable bonds is 3. The molecule has 0 saturated carbocycles. The van der Waals surface area contributed by atoms with Crippen LogP contribution in [0.25, 0.3) is 0 Å². The molecule has 1 aromatic carbocycles. The van der Waals surface area contributed by atoms with Gasteiger partial charge in [0, 0.05) is 20.1 Å². The van der Waals surface area contributed by atoms with Gasteiger partial charge in [-0.1, -0.05) is 12.1 Å². The molecule has 0 spiro atoms. The number of hydrogen-bond acceptors (Lipinski definition) is 3. The highest BCUT2D eigenvalue weighted by atomic mass is 15.3. The lowest BCUT2D eigenvalue weighted by Crippen LogP contribution is -2.37. The Hall–Kier alpha value is -1.75. The largest absolute Gasteiger partial charge is 0.376 e. The first-order valence-corrected chi connectivity index (χ1v) is 5.62. The van der Waals surface area contributed by atoms with E-state index in [2.05, 4.69) is 15.7 Å². The summed E-state index contributed by atoms with van der Waals surface area (Å²) >= 11 is 0. The highest BCUT2D eigenvalue weighted by Gasteiger charge is 2.05. The number of benzene rings is 1. The maximum atomic E-state index is 5.44. The highest BCUT2D eigenvalue weighted by Crippen LogP contribution is 2.23. The molecule has 94 valence electrons. The second-order valence-corrected chi connectivity index (χ2v) is 4.25. The molecule has 1 aromatic rings. The second kappa shape index (κ2) is 6.10. The number of nitrogens with zero attached hydrogens (tertiary/aromatic N) is 2. The molecule has 0 amide bonds. The van der Waals surface area contributed by atoms with Crippen LogP contribution < -0.4 is 21.5 Å². The molecule has 0 heterocycles. The predicted molar refractivity (Wildman–Crippen MR) is 74.3 cm³/mol. The predicted octanol–water partition coefficient (Wildman–Crippen LogP) is 1.39. The Morgan fingerprint density at radius 1 is 1.29 bits per heavy atom. The minimum Gasteiger partial charge on any atom is -0.376 e. The van der Waals surface area contributed by atoms with E-state index < -0.39 is 0 Å². The van der Waals surface area contributed by atoms with E-state index in [1.54, 1.807) is 0 Å². The van der Waals surface area contributed by atoms with Gasteiger partial charge in [0.25, 0.3) is 0 Å². The van der Waals surface area contributed by atoms with Crippen molar-refractivity contribution in [2.24, 2.45) is 10.8 Å². The first-order valence-electron chi connectivity index (χ1n) is 5.62. The van der Waals surface area contributed by atoms with Crippen molar-refractivity contribution in [1.82, 2.24) is 5.43 Å². The van der Waals surface area contributed by atoms with E-state index in [0.29, 0.717) is 5.96 Å². The molecule has 0 fully saturated rings. The van der Waals surface area contributed by atoms with E-state index in [1.807, 2.05) is 57.1 Å². The van der Waals surface area contributed by atoms with Crippen LogP contribution in [-0.4, -0.2) is 26.1 Å². The number of aliphatic imine (C=N–C) groups is 1. The van der Waals surface area contributed by atoms with Gasteiger partial charge in [-0.05, 0) is 26.0 Å². The minimum absolute atomic E-state index is 0.181. The van der Waals surface area contributed by atoms with Crippen LogP contribution in [0.3, 0.4) is 0 Å². The summed E-state index contributed by atoms with van der Waals surface area (Å²) < 4.78 is 0. The molecule has 0 aromatic heterocycles. The fourth-order valence-corrected chi connectivity index (χ4v) is 1.46. The summed E-state index contributed by atoms with van der Waals surface area (Å²) in [5.74, 6) is 6.00. The molecule has 0 atom stereocenters. The normalized spacial score (nSPS) is 11.5. The van der Waals surface area contributed by atoms with Crippen LogP contribution in [0.1, 0.15) is 13.8 Å². The molecule has 0 aliphatic carbocycles. The molecule has 0 radical (unpaired) electrons. The minimum atomic E-state index is 0.181. The van der Waals surface area contributed by atoms with Crippen LogP contribution in [0, 0.1) is 0 Å². The van der Waals surface area contributed by atoms with Crippen molar-refractivity contribution in [3.63, 3.8) is 0 Å². The lowest BCUT2D eigenvalue weighted by atomic mass is 10.2. The molecule has 4 N–H and O–H groups in total. The van der Waals surface area contributed by atoms with E-state index in [9.17, 15) is 0 Å². The quantitative estimate of drug-likeness (QED) is 0.320. The lowest BCUT2D eigenvalue weighted by Gasteiger charge is -2.19. The molecule has 5 heteroatoms. The van der Waals surface area contributed by atoms with E-state index >= 15 is 0 Å². The second-order valence-electron chi connectivity index (χ2n) is 4.25. The SMILES string of the molecule is CC(C)N=C(NN)Nc1ccccc1N(C)C. The highest BCUT2D eigenvalue weighted by molar-refractivity contribution is 5.96. The Kier molecular flexibility index (Phi) is 4.78. The molecule has 0 bridgehead atoms. The van der Waals surface area contributed by atoms with E-state index in [-0.39, 0.29) is 6.04 Å². The summed E-state index contributed by atoms with van der Waals surface area (Å²) in [7, 11) is 3.99. The third-order valence-electron chi connectivity index (χ3n) is 2.16. The van der Waals surface area contributed by atoms with Crippen molar-refractivity contribution in [2.45, 2.75) is 19.9 Å². The zero-order valence-corrected chi connectivity index (χ0v) is 10.9. The number of hydrogen-bond donors (Lipinski definition) is 3. The Balaban J connectivity index is 2.94. The molecule has 0 saturated heterocycles. The zero-order chi connectivity index (χ0) is 12.8. The average molecular weight is 235 g/mol. The molecule has 0 aliphatic heterocycles. The maximum absolute atomic E-state index is 5.44. The molecule has 5 nitrogen and oxygen atoms in total. The van der Waals surface area contributed by atoms with Crippen molar-refractivity contribution in [2.75, 3.05) is 24.3 Å². The lowest BCUT2D eigenvalue weighted by molar-refractivity contribution is 0.819. The van der Waals surface area contributed by atoms with Crippen LogP contribution in [0.5, 0.6) is 0 Å². The van der Waals surface area contributed by atoms with Gasteiger partial charge >= 0.3 is 0 Å². The molecular formula is C12H21N5. The Morgan fingerprint density at radius 2 is 1.94 bits per heavy atom. The van der Waals surface area contributed by atoms with Crippen LogP contribution >= 0.6 is 0 Å². The summed E-state index contributed by atoms with van der Waals surface area (Å²) in [6.45, 7) is 3.99. The summed E-state index contributed by atoms with van der Waals surface area (Å²) in [6.07, 6.45) is 0. The van der Waals surface area contributed by atoms with Gasteiger partial charge in [0.1, 0.15) is 0 Å². The van der Waals surface area contributed by atoms with Gasteiger partial charge in [-0.3, -0.25) is 5.43 Å². The number of anilines is 2.